The lowest BCUT2D eigenvalue weighted by Gasteiger charge is -2.00. The largest absolute Gasteiger partial charge is 0.460 e. The smallest absolute Gasteiger partial charge is 0.374 e. The van der Waals surface area contributed by atoms with Crippen LogP contribution in [0.15, 0.2) is 22.8 Å². The highest BCUT2D eigenvalue weighted by molar-refractivity contribution is 14.1. The second-order valence-electron chi connectivity index (χ2n) is 2.51. The second kappa shape index (κ2) is 6.01. The van der Waals surface area contributed by atoms with Crippen molar-refractivity contribution in [2.75, 3.05) is 11.0 Å². The van der Waals surface area contributed by atoms with E-state index in [2.05, 4.69) is 22.6 Å². The summed E-state index contributed by atoms with van der Waals surface area (Å²) in [6.45, 7) is 0.475. The minimum Gasteiger partial charge on any atom is -0.460 e. The van der Waals surface area contributed by atoms with Crippen LogP contribution in [0, 0.1) is 0 Å². The lowest BCUT2D eigenvalue weighted by atomic mass is 10.4. The van der Waals surface area contributed by atoms with Gasteiger partial charge in [-0.25, -0.2) is 4.79 Å². The summed E-state index contributed by atoms with van der Waals surface area (Å²) in [7, 11) is 0. The maximum Gasteiger partial charge on any atom is 0.374 e. The normalized spacial score (nSPS) is 9.92. The molecule has 3 nitrogen and oxygen atoms in total. The third kappa shape index (κ3) is 3.80. The average Bonchev–Trinajstić information content (AvgIpc) is 2.65. The molecule has 0 radical (unpaired) electrons. The maximum atomic E-state index is 11.2. The lowest BCUT2D eigenvalue weighted by molar-refractivity contribution is 0.0464. The standard InChI is InChI=1S/C9H11IO3/c10-5-1-2-6-13-9(11)8-4-3-7-12-8/h3-4,7H,1-2,5-6H2. The fourth-order valence-electron chi connectivity index (χ4n) is 0.827. The summed E-state index contributed by atoms with van der Waals surface area (Å²) in [6.07, 6.45) is 3.45. The molecule has 0 saturated carbocycles. The molecule has 13 heavy (non-hydrogen) atoms. The minimum atomic E-state index is -0.376. The van der Waals surface area contributed by atoms with Crippen LogP contribution in [-0.4, -0.2) is 17.0 Å². The SMILES string of the molecule is O=C(OCCCCI)c1ccco1. The van der Waals surface area contributed by atoms with Crippen LogP contribution in [0.1, 0.15) is 23.4 Å². The lowest BCUT2D eigenvalue weighted by Crippen LogP contribution is -2.05. The van der Waals surface area contributed by atoms with E-state index in [4.69, 9.17) is 9.15 Å². The molecule has 4 heteroatoms. The molecule has 72 valence electrons. The first-order valence-corrected chi connectivity index (χ1v) is 5.63. The van der Waals surface area contributed by atoms with Crippen molar-refractivity contribution in [2.45, 2.75) is 12.8 Å². The highest BCUT2D eigenvalue weighted by Gasteiger charge is 2.08. The van der Waals surface area contributed by atoms with Crippen molar-refractivity contribution in [3.8, 4) is 0 Å². The van der Waals surface area contributed by atoms with Gasteiger partial charge >= 0.3 is 5.97 Å². The predicted octanol–water partition coefficient (Wildman–Crippen LogP) is 2.65. The minimum absolute atomic E-state index is 0.273. The zero-order valence-electron chi connectivity index (χ0n) is 7.16. The molecule has 0 saturated heterocycles. The highest BCUT2D eigenvalue weighted by Crippen LogP contribution is 2.03. The Morgan fingerprint density at radius 1 is 1.54 bits per heavy atom. The summed E-state index contributed by atoms with van der Waals surface area (Å²) in [5, 5.41) is 0. The van der Waals surface area contributed by atoms with Crippen molar-refractivity contribution in [3.63, 3.8) is 0 Å². The summed E-state index contributed by atoms with van der Waals surface area (Å²) in [5.41, 5.74) is 0. The van der Waals surface area contributed by atoms with Crippen molar-refractivity contribution in [3.05, 3.63) is 24.2 Å². The second-order valence-corrected chi connectivity index (χ2v) is 3.59. The van der Waals surface area contributed by atoms with Gasteiger partial charge in [0.2, 0.25) is 5.76 Å². The monoisotopic (exact) mass is 294 g/mol. The summed E-state index contributed by atoms with van der Waals surface area (Å²) in [5.74, 6) is -0.104. The Morgan fingerprint density at radius 3 is 3.00 bits per heavy atom. The molecular weight excluding hydrogens is 283 g/mol. The van der Waals surface area contributed by atoms with Gasteiger partial charge in [0.25, 0.3) is 0 Å². The molecular formula is C9H11IO3. The first-order chi connectivity index (χ1) is 6.34. The van der Waals surface area contributed by atoms with Crippen LogP contribution in [0.2, 0.25) is 0 Å². The van der Waals surface area contributed by atoms with Gasteiger partial charge in [0.1, 0.15) is 0 Å². The Kier molecular flexibility index (Phi) is 4.88. The summed E-state index contributed by atoms with van der Waals surface area (Å²) in [4.78, 5) is 11.2. The van der Waals surface area contributed by atoms with E-state index in [1.165, 1.54) is 6.26 Å². The van der Waals surface area contributed by atoms with E-state index in [1.807, 2.05) is 0 Å². The van der Waals surface area contributed by atoms with Gasteiger partial charge in [0, 0.05) is 0 Å². The molecule has 0 bridgehead atoms. The Balaban J connectivity index is 2.19. The average molecular weight is 294 g/mol. The zero-order chi connectivity index (χ0) is 9.52. The first-order valence-electron chi connectivity index (χ1n) is 4.11. The molecule has 0 aromatic carbocycles. The number of rotatable bonds is 5. The van der Waals surface area contributed by atoms with E-state index in [0.29, 0.717) is 6.61 Å². The number of ether oxygens (including phenoxy) is 1. The number of carbonyl (C=O) groups excluding carboxylic acids is 1. The van der Waals surface area contributed by atoms with Crippen LogP contribution in [0.4, 0.5) is 0 Å². The number of alkyl halides is 1. The van der Waals surface area contributed by atoms with Crippen molar-refractivity contribution in [2.24, 2.45) is 0 Å². The Morgan fingerprint density at radius 2 is 2.38 bits per heavy atom. The molecule has 1 aromatic heterocycles. The van der Waals surface area contributed by atoms with Crippen LogP contribution < -0.4 is 0 Å². The molecule has 0 aliphatic rings. The van der Waals surface area contributed by atoms with Crippen LogP contribution in [0.3, 0.4) is 0 Å². The Bertz CT molecular complexity index is 243. The molecule has 0 unspecified atom stereocenters. The van der Waals surface area contributed by atoms with Gasteiger partial charge in [-0.1, -0.05) is 22.6 Å². The van der Waals surface area contributed by atoms with Gasteiger partial charge in [-0.3, -0.25) is 0 Å². The Labute approximate surface area is 90.6 Å². The van der Waals surface area contributed by atoms with Crippen LogP contribution in [0.25, 0.3) is 0 Å². The molecule has 1 aromatic rings. The zero-order valence-corrected chi connectivity index (χ0v) is 9.32. The first kappa shape index (κ1) is 10.6. The van der Waals surface area contributed by atoms with E-state index in [-0.39, 0.29) is 11.7 Å². The number of carbonyl (C=O) groups is 1. The van der Waals surface area contributed by atoms with Gasteiger partial charge in [0.15, 0.2) is 0 Å². The quantitative estimate of drug-likeness (QED) is 0.363. The van der Waals surface area contributed by atoms with Crippen LogP contribution in [-0.2, 0) is 4.74 Å². The molecule has 0 atom stereocenters. The topological polar surface area (TPSA) is 39.4 Å². The number of esters is 1. The molecule has 0 spiro atoms. The summed E-state index contributed by atoms with van der Waals surface area (Å²) < 4.78 is 10.9. The van der Waals surface area contributed by atoms with Crippen LogP contribution in [0.5, 0.6) is 0 Å². The van der Waals surface area contributed by atoms with E-state index in [0.717, 1.165) is 17.3 Å². The van der Waals surface area contributed by atoms with Crippen molar-refractivity contribution >= 4 is 28.6 Å². The molecule has 1 rings (SSSR count). The van der Waals surface area contributed by atoms with E-state index in [1.54, 1.807) is 12.1 Å². The molecule has 0 fully saturated rings. The van der Waals surface area contributed by atoms with E-state index in [9.17, 15) is 4.79 Å². The fraction of sp³-hybridized carbons (Fsp3) is 0.444. The van der Waals surface area contributed by atoms with Gasteiger partial charge < -0.3 is 9.15 Å². The van der Waals surface area contributed by atoms with Crippen molar-refractivity contribution in [1.82, 2.24) is 0 Å². The maximum absolute atomic E-state index is 11.2. The highest BCUT2D eigenvalue weighted by atomic mass is 127. The number of unbranched alkanes of at least 4 members (excludes halogenated alkanes) is 1. The van der Waals surface area contributed by atoms with E-state index < -0.39 is 0 Å². The van der Waals surface area contributed by atoms with Crippen molar-refractivity contribution < 1.29 is 13.9 Å². The molecule has 1 heterocycles. The van der Waals surface area contributed by atoms with Gasteiger partial charge in [-0.2, -0.15) is 0 Å². The summed E-state index contributed by atoms with van der Waals surface area (Å²) in [6, 6.07) is 3.27. The van der Waals surface area contributed by atoms with E-state index >= 15 is 0 Å². The molecule has 0 aliphatic heterocycles. The summed E-state index contributed by atoms with van der Waals surface area (Å²) >= 11 is 2.30. The fourth-order valence-corrected chi connectivity index (χ4v) is 1.37. The van der Waals surface area contributed by atoms with Gasteiger partial charge in [0.05, 0.1) is 12.9 Å². The third-order valence-electron chi connectivity index (χ3n) is 1.48. The molecule has 0 N–H and O–H groups in total. The Hall–Kier alpha value is -0.520. The molecule has 0 amide bonds. The van der Waals surface area contributed by atoms with Crippen LogP contribution >= 0.6 is 22.6 Å². The third-order valence-corrected chi connectivity index (χ3v) is 2.25. The molecule has 0 aliphatic carbocycles. The number of hydrogen-bond acceptors (Lipinski definition) is 3. The number of hydrogen-bond donors (Lipinski definition) is 0. The van der Waals surface area contributed by atoms with Gasteiger partial charge in [-0.15, -0.1) is 0 Å². The number of furan rings is 1. The number of halogens is 1. The predicted molar refractivity (Wildman–Crippen MR) is 57.1 cm³/mol. The van der Waals surface area contributed by atoms with Gasteiger partial charge in [-0.05, 0) is 29.4 Å². The van der Waals surface area contributed by atoms with Crippen molar-refractivity contribution in [1.29, 1.82) is 0 Å².